The van der Waals surface area contributed by atoms with Crippen LogP contribution in [0.3, 0.4) is 0 Å². The van der Waals surface area contributed by atoms with Crippen molar-refractivity contribution in [1.29, 1.82) is 0 Å². The Morgan fingerprint density at radius 1 is 0.804 bits per heavy atom. The van der Waals surface area contributed by atoms with Crippen LogP contribution in [0.4, 0.5) is 23.0 Å². The van der Waals surface area contributed by atoms with Gasteiger partial charge in [-0.3, -0.25) is 0 Å². The molecule has 0 aliphatic heterocycles. The van der Waals surface area contributed by atoms with E-state index in [4.69, 9.17) is 4.74 Å². The van der Waals surface area contributed by atoms with Gasteiger partial charge < -0.3 is 29.2 Å². The van der Waals surface area contributed by atoms with Crippen LogP contribution in [0.25, 0.3) is 22.1 Å². The molecular formula is C35H43IN8O2. The Hall–Kier alpha value is -4.07. The zero-order chi connectivity index (χ0) is 33.2. The number of aromatic nitrogens is 6. The molecular weight excluding hydrogens is 691 g/mol. The van der Waals surface area contributed by atoms with Crippen LogP contribution in [0.2, 0.25) is 0 Å². The smallest absolute Gasteiger partial charge is 0.134 e. The van der Waals surface area contributed by atoms with E-state index in [9.17, 15) is 5.11 Å². The quantitative estimate of drug-likeness (QED) is 0.118. The highest BCUT2D eigenvalue weighted by Crippen LogP contribution is 2.29. The lowest BCUT2D eigenvalue weighted by molar-refractivity contribution is 0.185. The summed E-state index contributed by atoms with van der Waals surface area (Å²) >= 11 is 2.15. The van der Waals surface area contributed by atoms with Crippen LogP contribution >= 0.6 is 22.6 Å². The number of anilines is 4. The summed E-state index contributed by atoms with van der Waals surface area (Å²) in [4.78, 5) is 21.7. The highest BCUT2D eigenvalue weighted by molar-refractivity contribution is 14.1. The third-order valence-electron chi connectivity index (χ3n) is 7.76. The number of imidazole rings is 2. The van der Waals surface area contributed by atoms with Crippen LogP contribution in [0.5, 0.6) is 0 Å². The van der Waals surface area contributed by atoms with Gasteiger partial charge in [0.15, 0.2) is 0 Å². The molecule has 6 aromatic rings. The molecule has 46 heavy (non-hydrogen) atoms. The van der Waals surface area contributed by atoms with Gasteiger partial charge in [0, 0.05) is 51.8 Å². The summed E-state index contributed by atoms with van der Waals surface area (Å²) in [6.07, 6.45) is 9.07. The fourth-order valence-corrected chi connectivity index (χ4v) is 5.19. The van der Waals surface area contributed by atoms with Gasteiger partial charge in [-0.2, -0.15) is 0 Å². The summed E-state index contributed by atoms with van der Waals surface area (Å²) < 4.78 is 9.23. The van der Waals surface area contributed by atoms with E-state index in [-0.39, 0.29) is 6.61 Å². The fourth-order valence-electron chi connectivity index (χ4n) is 5.19. The van der Waals surface area contributed by atoms with Crippen molar-refractivity contribution in [2.45, 2.75) is 39.9 Å². The molecule has 4 heterocycles. The average molecular weight is 735 g/mol. The van der Waals surface area contributed by atoms with Crippen molar-refractivity contribution in [1.82, 2.24) is 29.1 Å². The fraction of sp³-hybridized carbons (Fsp3) is 0.314. The molecule has 242 valence electrons. The van der Waals surface area contributed by atoms with Crippen molar-refractivity contribution in [3.05, 3.63) is 95.8 Å². The number of nitrogens with zero attached hydrogens (tertiary/aromatic N) is 7. The largest absolute Gasteiger partial charge is 0.392 e. The summed E-state index contributed by atoms with van der Waals surface area (Å²) in [5.74, 6) is 1.68. The lowest BCUT2D eigenvalue weighted by Gasteiger charge is -2.22. The van der Waals surface area contributed by atoms with Gasteiger partial charge in [-0.1, -0.05) is 60.7 Å². The highest BCUT2D eigenvalue weighted by Gasteiger charge is 2.13. The van der Waals surface area contributed by atoms with Crippen LogP contribution in [0, 0.1) is 0 Å². The number of nitrogens with one attached hydrogen (secondary N) is 1. The second-order valence-corrected chi connectivity index (χ2v) is 10.7. The number of benzene rings is 2. The number of halogens is 1. The van der Waals surface area contributed by atoms with E-state index < -0.39 is 0 Å². The molecule has 4 aromatic heterocycles. The molecule has 6 rings (SSSR count). The van der Waals surface area contributed by atoms with E-state index in [1.807, 2.05) is 64.9 Å². The number of hydrogen-bond donors (Lipinski definition) is 2. The zero-order valence-electron chi connectivity index (χ0n) is 27.6. The van der Waals surface area contributed by atoms with Gasteiger partial charge >= 0.3 is 0 Å². The van der Waals surface area contributed by atoms with Gasteiger partial charge in [-0.25, -0.2) is 19.9 Å². The van der Waals surface area contributed by atoms with Crippen molar-refractivity contribution >= 4 is 67.7 Å². The van der Waals surface area contributed by atoms with Gasteiger partial charge in [0.2, 0.25) is 0 Å². The number of alkyl halides is 1. The number of methoxy groups -OCH3 is 1. The van der Waals surface area contributed by atoms with Crippen LogP contribution in [-0.2, 0) is 44.9 Å². The maximum Gasteiger partial charge on any atom is 0.134 e. The summed E-state index contributed by atoms with van der Waals surface area (Å²) in [7, 11) is 7.73. The molecule has 0 aliphatic carbocycles. The molecule has 0 atom stereocenters. The molecule has 0 amide bonds. The Labute approximate surface area is 284 Å². The first-order chi connectivity index (χ1) is 22.3. The van der Waals surface area contributed by atoms with Crippen molar-refractivity contribution in [3.8, 4) is 0 Å². The minimum Gasteiger partial charge on any atom is -0.392 e. The summed E-state index contributed by atoms with van der Waals surface area (Å²) in [5, 5.41) is 12.6. The topological polar surface area (TPSA) is 106 Å². The van der Waals surface area contributed by atoms with Crippen molar-refractivity contribution in [2.24, 2.45) is 14.1 Å². The Balaban J connectivity index is 0.000000199. The minimum atomic E-state index is 0.0346. The Bertz CT molecular complexity index is 1880. The van der Waals surface area contributed by atoms with Crippen molar-refractivity contribution in [2.75, 3.05) is 29.3 Å². The lowest BCUT2D eigenvalue weighted by atomic mass is 10.1. The van der Waals surface area contributed by atoms with Crippen molar-refractivity contribution < 1.29 is 9.84 Å². The highest BCUT2D eigenvalue weighted by atomic mass is 127. The molecule has 0 spiro atoms. The van der Waals surface area contributed by atoms with Crippen molar-refractivity contribution in [3.63, 3.8) is 0 Å². The Morgan fingerprint density at radius 2 is 1.41 bits per heavy atom. The second kappa shape index (κ2) is 16.5. The molecule has 0 radical (unpaired) electrons. The maximum absolute atomic E-state index is 9.29. The van der Waals surface area contributed by atoms with E-state index in [1.165, 1.54) is 11.1 Å². The van der Waals surface area contributed by atoms with Crippen LogP contribution in [0.15, 0.2) is 73.6 Å². The van der Waals surface area contributed by atoms with Crippen LogP contribution in [0.1, 0.15) is 36.1 Å². The summed E-state index contributed by atoms with van der Waals surface area (Å²) in [6, 6.07) is 16.5. The number of aryl methyl sites for hydroxylation is 4. The van der Waals surface area contributed by atoms with E-state index in [1.54, 1.807) is 19.6 Å². The predicted octanol–water partition coefficient (Wildman–Crippen LogP) is 7.26. The first-order valence-corrected chi connectivity index (χ1v) is 17.3. The average Bonchev–Trinajstić information content (AvgIpc) is 3.66. The normalized spacial score (nSPS) is 10.7. The number of ether oxygens (including phenoxy) is 1. The molecule has 0 bridgehead atoms. The monoisotopic (exact) mass is 734 g/mol. The number of pyridine rings is 2. The number of aliphatic hydroxyl groups is 1. The second-order valence-electron chi connectivity index (χ2n) is 10.7. The van der Waals surface area contributed by atoms with Crippen LogP contribution in [-0.4, -0.2) is 53.3 Å². The molecule has 2 aromatic carbocycles. The van der Waals surface area contributed by atoms with E-state index in [0.29, 0.717) is 6.61 Å². The number of hydrogen-bond acceptors (Lipinski definition) is 8. The first kappa shape index (κ1) is 34.8. The third-order valence-corrected chi connectivity index (χ3v) is 7.76. The van der Waals surface area contributed by atoms with Gasteiger partial charge in [0.25, 0.3) is 0 Å². The standard InChI is InChI=1S/C18H22N4O.C16H18N4O.CH3I/c1-5-14-7-6-13(11-23-4)8-16(14)22(3)18-9-17-15(10-19-18)20-12-21(17)2;1-3-12-5-4-11(9-21)6-13(12)19-16-7-15-14(8-17-16)18-10-20(15)2;1-2/h6-10,12H,5,11H2,1-4H3;4-8,10,21H,3,9H2,1-2H3,(H,17,19);1H3. The molecule has 0 saturated carbocycles. The van der Waals surface area contributed by atoms with Gasteiger partial charge in [-0.05, 0) is 52.2 Å². The molecule has 0 aliphatic rings. The molecule has 2 N–H and O–H groups in total. The molecule has 11 heteroatoms. The minimum absolute atomic E-state index is 0.0346. The Kier molecular flexibility index (Phi) is 12.5. The predicted molar refractivity (Wildman–Crippen MR) is 197 cm³/mol. The van der Waals surface area contributed by atoms with E-state index >= 15 is 0 Å². The summed E-state index contributed by atoms with van der Waals surface area (Å²) in [5.41, 5.74) is 10.6. The molecule has 0 saturated heterocycles. The molecule has 0 fully saturated rings. The SMILES string of the molecule is CCc1ccc(CO)cc1Nc1cc2c(cn1)ncn2C.CCc1ccc(COC)cc1N(C)c1cc2c(cn1)ncn2C.CI. The lowest BCUT2D eigenvalue weighted by Crippen LogP contribution is -2.13. The summed E-state index contributed by atoms with van der Waals surface area (Å²) in [6.45, 7) is 4.92. The maximum atomic E-state index is 9.29. The van der Waals surface area contributed by atoms with Gasteiger partial charge in [0.1, 0.15) is 22.7 Å². The number of fused-ring (bicyclic) bond motifs is 2. The Morgan fingerprint density at radius 3 is 2.04 bits per heavy atom. The first-order valence-electron chi connectivity index (χ1n) is 15.1. The van der Waals surface area contributed by atoms with Gasteiger partial charge in [-0.15, -0.1) is 0 Å². The zero-order valence-corrected chi connectivity index (χ0v) is 29.8. The number of aliphatic hydroxyl groups excluding tert-OH is 1. The van der Waals surface area contributed by atoms with E-state index in [2.05, 4.69) is 97.9 Å². The van der Waals surface area contributed by atoms with E-state index in [0.717, 1.165) is 69.0 Å². The third kappa shape index (κ3) is 8.01. The van der Waals surface area contributed by atoms with Crippen LogP contribution < -0.4 is 10.2 Å². The van der Waals surface area contributed by atoms with Gasteiger partial charge in [0.05, 0.1) is 49.3 Å². The molecule has 0 unspecified atom stereocenters. The number of rotatable bonds is 9. The molecule has 10 nitrogen and oxygen atoms in total.